The largest absolute Gasteiger partial charge is 0.490 e. The van der Waals surface area contributed by atoms with Crippen molar-refractivity contribution in [2.45, 2.75) is 19.6 Å². The molecule has 1 heterocycles. The van der Waals surface area contributed by atoms with Gasteiger partial charge in [0, 0.05) is 25.3 Å². The van der Waals surface area contributed by atoms with Gasteiger partial charge in [-0.1, -0.05) is 0 Å². The second-order valence-corrected chi connectivity index (χ2v) is 3.87. The number of rotatable bonds is 5. The fourth-order valence-electron chi connectivity index (χ4n) is 1.53. The van der Waals surface area contributed by atoms with Crippen molar-refractivity contribution in [1.29, 1.82) is 0 Å². The van der Waals surface area contributed by atoms with Crippen LogP contribution in [0.15, 0.2) is 12.1 Å². The van der Waals surface area contributed by atoms with Crippen LogP contribution < -0.4 is 19.9 Å². The van der Waals surface area contributed by atoms with Crippen LogP contribution in [0, 0.1) is 0 Å². The summed E-state index contributed by atoms with van der Waals surface area (Å²) in [6.07, 6.45) is 0.0334. The third-order valence-corrected chi connectivity index (χ3v) is 2.65. The van der Waals surface area contributed by atoms with Gasteiger partial charge in [-0.15, -0.1) is 0 Å². The molecular formula is C12H17NO4. The van der Waals surface area contributed by atoms with Gasteiger partial charge in [0.1, 0.15) is 12.4 Å². The monoisotopic (exact) mass is 239 g/mol. The van der Waals surface area contributed by atoms with Gasteiger partial charge < -0.3 is 24.7 Å². The van der Waals surface area contributed by atoms with E-state index in [4.69, 9.17) is 24.7 Å². The van der Waals surface area contributed by atoms with Crippen LogP contribution in [-0.2, 0) is 11.3 Å². The van der Waals surface area contributed by atoms with E-state index in [0.717, 1.165) is 17.1 Å². The van der Waals surface area contributed by atoms with E-state index in [0.29, 0.717) is 18.9 Å². The Morgan fingerprint density at radius 1 is 1.35 bits per heavy atom. The second-order valence-electron chi connectivity index (χ2n) is 3.87. The normalized spacial score (nSPS) is 14.8. The van der Waals surface area contributed by atoms with E-state index in [1.807, 2.05) is 19.1 Å². The van der Waals surface area contributed by atoms with Gasteiger partial charge >= 0.3 is 0 Å². The van der Waals surface area contributed by atoms with Gasteiger partial charge in [-0.05, 0) is 13.0 Å². The lowest BCUT2D eigenvalue weighted by molar-refractivity contribution is 0.0712. The van der Waals surface area contributed by atoms with Gasteiger partial charge in [-0.25, -0.2) is 0 Å². The molecule has 5 nitrogen and oxygen atoms in total. The zero-order valence-electron chi connectivity index (χ0n) is 10.1. The lowest BCUT2D eigenvalue weighted by Crippen LogP contribution is -2.17. The first-order valence-corrected chi connectivity index (χ1v) is 5.52. The van der Waals surface area contributed by atoms with Crippen molar-refractivity contribution in [2.75, 3.05) is 20.5 Å². The first-order chi connectivity index (χ1) is 8.24. The third-order valence-electron chi connectivity index (χ3n) is 2.65. The summed E-state index contributed by atoms with van der Waals surface area (Å²) in [4.78, 5) is 0. The van der Waals surface area contributed by atoms with Gasteiger partial charge in [0.05, 0.1) is 6.10 Å². The maximum absolute atomic E-state index is 5.68. The summed E-state index contributed by atoms with van der Waals surface area (Å²) in [7, 11) is 1.65. The smallest absolute Gasteiger partial charge is 0.231 e. The standard InChI is InChI=1S/C12H17NO4/c1-8(14-2)6-15-10-4-12-11(16-7-17-12)3-9(10)5-13/h3-4,8H,5-7,13H2,1-2H3. The molecule has 1 unspecified atom stereocenters. The lowest BCUT2D eigenvalue weighted by Gasteiger charge is -2.14. The molecule has 2 rings (SSSR count). The molecule has 0 radical (unpaired) electrons. The van der Waals surface area contributed by atoms with Crippen molar-refractivity contribution in [3.05, 3.63) is 17.7 Å². The van der Waals surface area contributed by atoms with E-state index in [2.05, 4.69) is 0 Å². The van der Waals surface area contributed by atoms with E-state index in [9.17, 15) is 0 Å². The van der Waals surface area contributed by atoms with Gasteiger partial charge in [0.2, 0.25) is 6.79 Å². The fraction of sp³-hybridized carbons (Fsp3) is 0.500. The summed E-state index contributed by atoms with van der Waals surface area (Å²) in [5.74, 6) is 2.14. The first-order valence-electron chi connectivity index (χ1n) is 5.52. The molecule has 2 N–H and O–H groups in total. The molecule has 1 aliphatic rings. The minimum atomic E-state index is 0.0334. The average molecular weight is 239 g/mol. The van der Waals surface area contributed by atoms with Crippen LogP contribution in [0.1, 0.15) is 12.5 Å². The molecule has 1 aromatic carbocycles. The van der Waals surface area contributed by atoms with Crippen LogP contribution in [0.5, 0.6) is 17.2 Å². The Balaban J connectivity index is 2.15. The highest BCUT2D eigenvalue weighted by Crippen LogP contribution is 2.38. The van der Waals surface area contributed by atoms with E-state index >= 15 is 0 Å². The second kappa shape index (κ2) is 5.25. The van der Waals surface area contributed by atoms with Gasteiger partial charge in [0.25, 0.3) is 0 Å². The molecule has 0 aliphatic carbocycles. The van der Waals surface area contributed by atoms with Crippen LogP contribution in [0.25, 0.3) is 0 Å². The van der Waals surface area contributed by atoms with Crippen molar-refractivity contribution in [1.82, 2.24) is 0 Å². The minimum absolute atomic E-state index is 0.0334. The highest BCUT2D eigenvalue weighted by molar-refractivity contribution is 5.51. The summed E-state index contributed by atoms with van der Waals surface area (Å²) in [6, 6.07) is 3.67. The molecule has 1 aliphatic heterocycles. The molecule has 17 heavy (non-hydrogen) atoms. The third kappa shape index (κ3) is 2.62. The molecule has 0 bridgehead atoms. The topological polar surface area (TPSA) is 62.9 Å². The Labute approximate surface area is 100 Å². The number of fused-ring (bicyclic) bond motifs is 1. The highest BCUT2D eigenvalue weighted by Gasteiger charge is 2.17. The molecule has 0 spiro atoms. The van der Waals surface area contributed by atoms with Crippen LogP contribution in [-0.4, -0.2) is 26.6 Å². The molecule has 0 amide bonds. The quantitative estimate of drug-likeness (QED) is 0.838. The Morgan fingerprint density at radius 3 is 2.71 bits per heavy atom. The first kappa shape index (κ1) is 12.0. The van der Waals surface area contributed by atoms with Crippen LogP contribution in [0.2, 0.25) is 0 Å². The number of hydrogen-bond donors (Lipinski definition) is 1. The SMILES string of the molecule is COC(C)COc1cc2c(cc1CN)OCO2. The molecule has 0 saturated heterocycles. The molecular weight excluding hydrogens is 222 g/mol. The number of ether oxygens (including phenoxy) is 4. The van der Waals surface area contributed by atoms with Gasteiger partial charge in [-0.2, -0.15) is 0 Å². The van der Waals surface area contributed by atoms with E-state index < -0.39 is 0 Å². The number of benzene rings is 1. The van der Waals surface area contributed by atoms with E-state index in [-0.39, 0.29) is 12.9 Å². The van der Waals surface area contributed by atoms with Gasteiger partial charge in [-0.3, -0.25) is 0 Å². The summed E-state index contributed by atoms with van der Waals surface area (Å²) in [5.41, 5.74) is 6.58. The molecule has 5 heteroatoms. The number of nitrogens with two attached hydrogens (primary N) is 1. The Morgan fingerprint density at radius 2 is 2.06 bits per heavy atom. The predicted molar refractivity (Wildman–Crippen MR) is 62.4 cm³/mol. The molecule has 0 saturated carbocycles. The van der Waals surface area contributed by atoms with Crippen LogP contribution >= 0.6 is 0 Å². The van der Waals surface area contributed by atoms with Crippen molar-refractivity contribution in [3.63, 3.8) is 0 Å². The van der Waals surface area contributed by atoms with Crippen molar-refractivity contribution in [2.24, 2.45) is 5.73 Å². The molecule has 94 valence electrons. The van der Waals surface area contributed by atoms with Crippen molar-refractivity contribution < 1.29 is 18.9 Å². The average Bonchev–Trinajstić information content (AvgIpc) is 2.81. The molecule has 1 aromatic rings. The maximum Gasteiger partial charge on any atom is 0.231 e. The maximum atomic E-state index is 5.68. The Hall–Kier alpha value is -1.46. The predicted octanol–water partition coefficient (Wildman–Crippen LogP) is 1.29. The van der Waals surface area contributed by atoms with E-state index in [1.165, 1.54) is 0 Å². The summed E-state index contributed by atoms with van der Waals surface area (Å²) < 4.78 is 21.4. The number of methoxy groups -OCH3 is 1. The summed E-state index contributed by atoms with van der Waals surface area (Å²) in [5, 5.41) is 0. The lowest BCUT2D eigenvalue weighted by atomic mass is 10.2. The van der Waals surface area contributed by atoms with Crippen LogP contribution in [0.3, 0.4) is 0 Å². The highest BCUT2D eigenvalue weighted by atomic mass is 16.7. The van der Waals surface area contributed by atoms with Crippen molar-refractivity contribution >= 4 is 0 Å². The zero-order chi connectivity index (χ0) is 12.3. The zero-order valence-corrected chi connectivity index (χ0v) is 10.1. The Bertz CT molecular complexity index is 394. The molecule has 1 atom stereocenters. The fourth-order valence-corrected chi connectivity index (χ4v) is 1.53. The van der Waals surface area contributed by atoms with E-state index in [1.54, 1.807) is 7.11 Å². The molecule has 0 fully saturated rings. The summed E-state index contributed by atoms with van der Waals surface area (Å²) in [6.45, 7) is 3.06. The van der Waals surface area contributed by atoms with Crippen molar-refractivity contribution in [3.8, 4) is 17.2 Å². The van der Waals surface area contributed by atoms with Crippen LogP contribution in [0.4, 0.5) is 0 Å². The molecule has 0 aromatic heterocycles. The minimum Gasteiger partial charge on any atom is -0.490 e. The summed E-state index contributed by atoms with van der Waals surface area (Å²) >= 11 is 0. The Kier molecular flexibility index (Phi) is 3.71. The number of hydrogen-bond acceptors (Lipinski definition) is 5. The van der Waals surface area contributed by atoms with Gasteiger partial charge in [0.15, 0.2) is 11.5 Å².